The van der Waals surface area contributed by atoms with Crippen LogP contribution in [0, 0.1) is 11.8 Å². The molecule has 0 aromatic heterocycles. The van der Waals surface area contributed by atoms with Crippen molar-refractivity contribution in [3.8, 4) is 11.8 Å². The number of carbonyl (C=O) groups excluding carboxylic acids is 5. The van der Waals surface area contributed by atoms with Gasteiger partial charge in [0.25, 0.3) is 0 Å². The Morgan fingerprint density at radius 1 is 0.519 bits per heavy atom. The lowest BCUT2D eigenvalue weighted by Gasteiger charge is -2.26. The van der Waals surface area contributed by atoms with Gasteiger partial charge in [0.15, 0.2) is 6.10 Å². The number of phosphoric acid groups is 1. The van der Waals surface area contributed by atoms with E-state index in [-0.39, 0.29) is 63.8 Å². The predicted octanol–water partition coefficient (Wildman–Crippen LogP) is 15.4. The summed E-state index contributed by atoms with van der Waals surface area (Å²) >= 11 is 0. The van der Waals surface area contributed by atoms with E-state index in [0.717, 1.165) is 60.9 Å². The van der Waals surface area contributed by atoms with Crippen LogP contribution in [0.15, 0.2) is 48.5 Å². The Labute approximate surface area is 487 Å². The van der Waals surface area contributed by atoms with Gasteiger partial charge in [-0.05, 0) is 49.4 Å². The Kier molecular flexibility index (Phi) is 40.7. The number of rotatable bonds is 50. The molecule has 15 nitrogen and oxygen atoms in total. The standard InChI is InChI=1S/C65H104N3O12P/c1-3-5-7-9-11-13-15-17-19-21-23-25-27-29-31-45-63(71)77-54-59(80-64(72)46-32-30-28-26-24-22-20-18-16-14-12-10-8-6-4-2)55-79-81(74,75)78-52-50-67-65(73)76-51-49-66-61(69)43-37-38-44-62(70)68-53-58-41-34-33-39-56(58)47-48-57-40-35-36-42-60(57)68/h33-36,39-42,59H,3-32,37-38,43-46,49-55H2,1-2H3,(H,66,69)(H,67,73)(H,74,75)/t59-/m1/s1. The van der Waals surface area contributed by atoms with E-state index in [1.54, 1.807) is 4.90 Å². The van der Waals surface area contributed by atoms with Crippen LogP contribution in [0.2, 0.25) is 0 Å². The number of hydrogen-bond donors (Lipinski definition) is 3. The van der Waals surface area contributed by atoms with Gasteiger partial charge in [0.1, 0.15) is 13.2 Å². The molecule has 2 aromatic carbocycles. The van der Waals surface area contributed by atoms with Crippen molar-refractivity contribution in [1.29, 1.82) is 0 Å². The molecule has 1 unspecified atom stereocenters. The van der Waals surface area contributed by atoms with Gasteiger partial charge in [-0.25, -0.2) is 9.36 Å². The lowest BCUT2D eigenvalue weighted by molar-refractivity contribution is -0.161. The van der Waals surface area contributed by atoms with Crippen LogP contribution in [0.5, 0.6) is 0 Å². The SMILES string of the molecule is CCCCCCCCCCCCCCCCCC(=O)OC[C@H](COP(=O)(O)OCCNC(=O)OCCNC(=O)CCCCC(=O)N1Cc2ccccc2C#Cc2ccccc21)OC(=O)CCCCCCCCCCCCCCCCC. The van der Waals surface area contributed by atoms with Gasteiger partial charge in [-0.15, -0.1) is 0 Å². The Morgan fingerprint density at radius 3 is 1.54 bits per heavy atom. The van der Waals surface area contributed by atoms with E-state index in [1.165, 1.54) is 141 Å². The highest BCUT2D eigenvalue weighted by atomic mass is 31.2. The second kappa shape index (κ2) is 46.7. The number of nitrogens with one attached hydrogen (secondary N) is 2. The van der Waals surface area contributed by atoms with E-state index in [4.69, 9.17) is 23.3 Å². The molecular weight excluding hydrogens is 1050 g/mol. The summed E-state index contributed by atoms with van der Waals surface area (Å²) in [6.45, 7) is 3.34. The summed E-state index contributed by atoms with van der Waals surface area (Å²) in [5.74, 6) is 5.17. The molecule has 0 aliphatic carbocycles. The first-order valence-electron chi connectivity index (χ1n) is 31.6. The monoisotopic (exact) mass is 1150 g/mol. The number of carbonyl (C=O) groups is 5. The number of esters is 2. The summed E-state index contributed by atoms with van der Waals surface area (Å²) < 4.78 is 39.2. The summed E-state index contributed by atoms with van der Waals surface area (Å²) in [7, 11) is -4.68. The molecule has 1 aliphatic heterocycles. The summed E-state index contributed by atoms with van der Waals surface area (Å²) in [6.07, 6.45) is 36.2. The molecule has 16 heteroatoms. The summed E-state index contributed by atoms with van der Waals surface area (Å²) in [6, 6.07) is 15.4. The fourth-order valence-corrected chi connectivity index (χ4v) is 10.6. The van der Waals surface area contributed by atoms with Gasteiger partial charge in [-0.3, -0.25) is 28.2 Å². The Hall–Kier alpha value is -4.74. The molecule has 0 saturated carbocycles. The number of hydrogen-bond acceptors (Lipinski definition) is 11. The van der Waals surface area contributed by atoms with E-state index in [1.807, 2.05) is 48.5 Å². The van der Waals surface area contributed by atoms with Crippen LogP contribution in [-0.2, 0) is 53.5 Å². The number of para-hydroxylation sites is 1. The van der Waals surface area contributed by atoms with Crippen molar-refractivity contribution < 1.29 is 56.7 Å². The predicted molar refractivity (Wildman–Crippen MR) is 323 cm³/mol. The van der Waals surface area contributed by atoms with E-state index in [0.29, 0.717) is 32.2 Å². The third kappa shape index (κ3) is 36.5. The highest BCUT2D eigenvalue weighted by molar-refractivity contribution is 7.47. The molecule has 456 valence electrons. The molecule has 0 saturated heterocycles. The number of unbranched alkanes of at least 4 members (excludes halogenated alkanes) is 29. The van der Waals surface area contributed by atoms with E-state index < -0.39 is 45.2 Å². The Balaban J connectivity index is 1.29. The molecule has 0 radical (unpaired) electrons. The number of alkyl carbamates (subject to hydrolysis) is 1. The largest absolute Gasteiger partial charge is 0.472 e. The van der Waals surface area contributed by atoms with Crippen LogP contribution >= 0.6 is 7.82 Å². The number of anilines is 1. The third-order valence-corrected chi connectivity index (χ3v) is 15.6. The molecule has 0 fully saturated rings. The average Bonchev–Trinajstić information content (AvgIpc) is 3.47. The maximum atomic E-state index is 13.5. The molecule has 1 heterocycles. The van der Waals surface area contributed by atoms with Crippen LogP contribution in [0.4, 0.5) is 10.5 Å². The minimum Gasteiger partial charge on any atom is -0.462 e. The zero-order chi connectivity index (χ0) is 58.3. The summed E-state index contributed by atoms with van der Waals surface area (Å²) in [5, 5.41) is 5.11. The summed E-state index contributed by atoms with van der Waals surface area (Å²) in [4.78, 5) is 76.0. The number of ether oxygens (including phenoxy) is 3. The maximum absolute atomic E-state index is 13.5. The highest BCUT2D eigenvalue weighted by Crippen LogP contribution is 2.43. The Bertz CT molecular complexity index is 2140. The lowest BCUT2D eigenvalue weighted by Crippen LogP contribution is -2.32. The van der Waals surface area contributed by atoms with Gasteiger partial charge >= 0.3 is 25.9 Å². The fourth-order valence-electron chi connectivity index (χ4n) is 9.81. The minimum atomic E-state index is -4.68. The molecule has 2 atom stereocenters. The maximum Gasteiger partial charge on any atom is 0.472 e. The van der Waals surface area contributed by atoms with E-state index >= 15 is 0 Å². The molecule has 2 aromatic rings. The van der Waals surface area contributed by atoms with Gasteiger partial charge in [-0.2, -0.15) is 0 Å². The van der Waals surface area contributed by atoms with Crippen LogP contribution in [0.1, 0.15) is 262 Å². The minimum absolute atomic E-state index is 0.0532. The van der Waals surface area contributed by atoms with E-state index in [2.05, 4.69) is 36.3 Å². The average molecular weight is 1150 g/mol. The smallest absolute Gasteiger partial charge is 0.462 e. The summed E-state index contributed by atoms with van der Waals surface area (Å²) in [5.41, 5.74) is 3.40. The van der Waals surface area contributed by atoms with Crippen molar-refractivity contribution in [3.63, 3.8) is 0 Å². The van der Waals surface area contributed by atoms with Gasteiger partial charge in [-0.1, -0.05) is 236 Å². The molecule has 1 aliphatic rings. The van der Waals surface area contributed by atoms with Gasteiger partial charge in [0.2, 0.25) is 11.8 Å². The van der Waals surface area contributed by atoms with Crippen molar-refractivity contribution in [1.82, 2.24) is 10.6 Å². The van der Waals surface area contributed by atoms with Crippen LogP contribution < -0.4 is 15.5 Å². The highest BCUT2D eigenvalue weighted by Gasteiger charge is 2.27. The number of amides is 3. The molecule has 3 amide bonds. The van der Waals surface area contributed by atoms with Crippen molar-refractivity contribution in [3.05, 3.63) is 65.2 Å². The number of benzene rings is 2. The quantitative estimate of drug-likeness (QED) is 0.0187. The first-order valence-corrected chi connectivity index (χ1v) is 33.1. The zero-order valence-electron chi connectivity index (χ0n) is 49.9. The van der Waals surface area contributed by atoms with Crippen LogP contribution in [-0.4, -0.2) is 80.4 Å². The van der Waals surface area contributed by atoms with Crippen LogP contribution in [0.25, 0.3) is 0 Å². The molecular formula is C65H104N3O12P. The van der Waals surface area contributed by atoms with E-state index in [9.17, 15) is 33.4 Å². The molecule has 0 bridgehead atoms. The molecule has 3 rings (SSSR count). The van der Waals surface area contributed by atoms with Gasteiger partial charge in [0, 0.05) is 43.4 Å². The fraction of sp³-hybridized carbons (Fsp3) is 0.708. The number of nitrogens with zero attached hydrogens (tertiary/aromatic N) is 1. The van der Waals surface area contributed by atoms with Crippen molar-refractivity contribution in [2.24, 2.45) is 0 Å². The first kappa shape index (κ1) is 70.5. The molecule has 81 heavy (non-hydrogen) atoms. The normalized spacial score (nSPS) is 12.9. The van der Waals surface area contributed by atoms with Crippen molar-refractivity contribution in [2.45, 2.75) is 258 Å². The third-order valence-electron chi connectivity index (χ3n) is 14.6. The number of fused-ring (bicyclic) bond motifs is 2. The van der Waals surface area contributed by atoms with Gasteiger partial charge < -0.3 is 34.6 Å². The second-order valence-electron chi connectivity index (χ2n) is 21.8. The Morgan fingerprint density at radius 2 is 0.975 bits per heavy atom. The zero-order valence-corrected chi connectivity index (χ0v) is 50.8. The number of phosphoric ester groups is 1. The first-order chi connectivity index (χ1) is 39.5. The van der Waals surface area contributed by atoms with Crippen molar-refractivity contribution >= 4 is 43.4 Å². The van der Waals surface area contributed by atoms with Crippen LogP contribution in [0.3, 0.4) is 0 Å². The second-order valence-corrected chi connectivity index (χ2v) is 23.3. The molecule has 3 N–H and O–H groups in total. The van der Waals surface area contributed by atoms with Crippen molar-refractivity contribution in [2.75, 3.05) is 44.4 Å². The topological polar surface area (TPSA) is 196 Å². The lowest BCUT2D eigenvalue weighted by atomic mass is 10.0. The van der Waals surface area contributed by atoms with Gasteiger partial charge in [0.05, 0.1) is 32.0 Å². The molecule has 0 spiro atoms.